The first kappa shape index (κ1) is 19.1. The highest BCUT2D eigenvalue weighted by Gasteiger charge is 2.24. The van der Waals surface area contributed by atoms with Gasteiger partial charge in [0.2, 0.25) is 5.91 Å². The number of nitrogens with one attached hydrogen (secondary N) is 1. The molecule has 1 saturated heterocycles. The number of carbonyl (C=O) groups excluding carboxylic acids is 2. The molecular weight excluding hydrogens is 398 g/mol. The Kier molecular flexibility index (Phi) is 5.12. The van der Waals surface area contributed by atoms with Gasteiger partial charge in [-0.2, -0.15) is 0 Å². The van der Waals surface area contributed by atoms with Gasteiger partial charge < -0.3 is 15.0 Å². The van der Waals surface area contributed by atoms with Crippen molar-refractivity contribution < 1.29 is 14.3 Å². The normalized spacial score (nSPS) is 16.1. The van der Waals surface area contributed by atoms with Crippen LogP contribution in [0.5, 0.6) is 11.5 Å². The molecule has 5 rings (SSSR count). The molecule has 6 nitrogen and oxygen atoms in total. The van der Waals surface area contributed by atoms with Crippen LogP contribution in [0.2, 0.25) is 0 Å². The molecule has 30 heavy (non-hydrogen) atoms. The number of ether oxygens (including phenoxy) is 1. The van der Waals surface area contributed by atoms with E-state index in [1.54, 1.807) is 6.20 Å². The number of nitrogens with zero attached hydrogens (tertiary/aromatic N) is 2. The zero-order valence-electron chi connectivity index (χ0n) is 16.6. The maximum Gasteiger partial charge on any atom is 0.264 e. The van der Waals surface area contributed by atoms with Crippen molar-refractivity contribution in [2.75, 3.05) is 13.1 Å². The van der Waals surface area contributed by atoms with E-state index in [-0.39, 0.29) is 11.8 Å². The van der Waals surface area contributed by atoms with Crippen LogP contribution in [0, 0.1) is 0 Å². The molecule has 0 spiro atoms. The Hall–Kier alpha value is -2.93. The number of pyridine rings is 1. The molecule has 1 N–H and O–H groups in total. The van der Waals surface area contributed by atoms with Gasteiger partial charge in [0.25, 0.3) is 5.91 Å². The van der Waals surface area contributed by atoms with E-state index in [0.717, 1.165) is 48.1 Å². The van der Waals surface area contributed by atoms with Crippen LogP contribution in [0.1, 0.15) is 40.9 Å². The molecule has 2 amide bonds. The van der Waals surface area contributed by atoms with E-state index < -0.39 is 0 Å². The summed E-state index contributed by atoms with van der Waals surface area (Å²) in [4.78, 5) is 31.5. The molecule has 1 aliphatic carbocycles. The highest BCUT2D eigenvalue weighted by molar-refractivity contribution is 7.21. The first-order valence-corrected chi connectivity index (χ1v) is 11.2. The zero-order chi connectivity index (χ0) is 20.5. The van der Waals surface area contributed by atoms with Gasteiger partial charge in [-0.15, -0.1) is 11.3 Å². The van der Waals surface area contributed by atoms with Crippen LogP contribution < -0.4 is 10.1 Å². The average molecular weight is 422 g/mol. The van der Waals surface area contributed by atoms with Crippen molar-refractivity contribution in [1.29, 1.82) is 0 Å². The van der Waals surface area contributed by atoms with Gasteiger partial charge in [-0.05, 0) is 49.4 Å². The van der Waals surface area contributed by atoms with Crippen molar-refractivity contribution in [3.05, 3.63) is 53.0 Å². The highest BCUT2D eigenvalue weighted by Crippen LogP contribution is 2.35. The summed E-state index contributed by atoms with van der Waals surface area (Å²) < 4.78 is 6.95. The summed E-state index contributed by atoms with van der Waals surface area (Å²) in [5, 5.41) is 3.06. The summed E-state index contributed by atoms with van der Waals surface area (Å²) >= 11 is 1.42. The first-order chi connectivity index (χ1) is 14.7. The van der Waals surface area contributed by atoms with E-state index in [9.17, 15) is 9.59 Å². The minimum Gasteiger partial charge on any atom is -0.456 e. The second-order valence-corrected chi connectivity index (χ2v) is 8.95. The largest absolute Gasteiger partial charge is 0.456 e. The molecular formula is C23H23N3O3S. The molecule has 2 fully saturated rings. The summed E-state index contributed by atoms with van der Waals surface area (Å²) in [5.41, 5.74) is 1.73. The van der Waals surface area contributed by atoms with Gasteiger partial charge in [0, 0.05) is 31.4 Å². The van der Waals surface area contributed by atoms with E-state index >= 15 is 0 Å². The molecule has 1 aliphatic heterocycles. The maximum absolute atomic E-state index is 12.5. The number of likely N-dealkylation sites (tertiary alicyclic amines) is 1. The number of amides is 2. The van der Waals surface area contributed by atoms with Crippen LogP contribution in [0.4, 0.5) is 0 Å². The Morgan fingerprint density at radius 2 is 1.93 bits per heavy atom. The molecule has 0 atom stereocenters. The van der Waals surface area contributed by atoms with Crippen LogP contribution in [0.3, 0.4) is 0 Å². The third-order valence-corrected chi connectivity index (χ3v) is 6.84. The van der Waals surface area contributed by atoms with Gasteiger partial charge in [0.05, 0.1) is 21.5 Å². The molecule has 2 aromatic heterocycles. The van der Waals surface area contributed by atoms with Crippen molar-refractivity contribution in [1.82, 2.24) is 15.2 Å². The number of hydrogen-bond acceptors (Lipinski definition) is 5. The number of rotatable bonds is 6. The summed E-state index contributed by atoms with van der Waals surface area (Å²) in [6.45, 7) is 1.66. The standard InChI is InChI=1S/C23H23N3O3S/c27-21(25-16-3-1-4-16)13-15-5-7-17(8-6-15)29-19-9-10-24-18-14-20(30-22(18)19)23(28)26-11-2-12-26/h5-10,14,16H,1-4,11-13H2,(H,25,27). The van der Waals surface area contributed by atoms with Crippen LogP contribution >= 0.6 is 11.3 Å². The minimum absolute atomic E-state index is 0.0692. The van der Waals surface area contributed by atoms with Gasteiger partial charge in [0.1, 0.15) is 11.5 Å². The number of carbonyl (C=O) groups is 2. The predicted molar refractivity (Wildman–Crippen MR) is 116 cm³/mol. The first-order valence-electron chi connectivity index (χ1n) is 10.4. The molecule has 0 unspecified atom stereocenters. The number of aromatic nitrogens is 1. The Morgan fingerprint density at radius 3 is 2.60 bits per heavy atom. The molecule has 154 valence electrons. The summed E-state index contributed by atoms with van der Waals surface area (Å²) in [5.74, 6) is 1.51. The lowest BCUT2D eigenvalue weighted by Gasteiger charge is -2.30. The summed E-state index contributed by atoms with van der Waals surface area (Å²) in [6.07, 6.45) is 6.53. The van der Waals surface area contributed by atoms with Crippen LogP contribution in [-0.4, -0.2) is 40.8 Å². The second-order valence-electron chi connectivity index (χ2n) is 7.90. The lowest BCUT2D eigenvalue weighted by atomic mass is 9.93. The topological polar surface area (TPSA) is 71.5 Å². The highest BCUT2D eigenvalue weighted by atomic mass is 32.1. The van der Waals surface area contributed by atoms with Crippen molar-refractivity contribution >= 4 is 33.4 Å². The quantitative estimate of drug-likeness (QED) is 0.649. The smallest absolute Gasteiger partial charge is 0.264 e. The SMILES string of the molecule is O=C(Cc1ccc(Oc2ccnc3cc(C(=O)N4CCC4)sc23)cc1)NC1CCC1. The summed E-state index contributed by atoms with van der Waals surface area (Å²) in [7, 11) is 0. The third-order valence-electron chi connectivity index (χ3n) is 5.72. The Labute approximate surface area is 178 Å². The molecule has 0 bridgehead atoms. The lowest BCUT2D eigenvalue weighted by molar-refractivity contribution is -0.121. The second kappa shape index (κ2) is 8.07. The van der Waals surface area contributed by atoms with E-state index in [1.165, 1.54) is 17.8 Å². The van der Waals surface area contributed by atoms with E-state index in [2.05, 4.69) is 10.3 Å². The Balaban J connectivity index is 1.28. The van der Waals surface area contributed by atoms with Gasteiger partial charge >= 0.3 is 0 Å². The van der Waals surface area contributed by atoms with Crippen molar-refractivity contribution in [3.8, 4) is 11.5 Å². The van der Waals surface area contributed by atoms with Crippen LogP contribution in [0.15, 0.2) is 42.6 Å². The van der Waals surface area contributed by atoms with Gasteiger partial charge in [-0.25, -0.2) is 0 Å². The molecule has 1 aromatic carbocycles. The number of benzene rings is 1. The zero-order valence-corrected chi connectivity index (χ0v) is 17.4. The third kappa shape index (κ3) is 3.89. The fourth-order valence-electron chi connectivity index (χ4n) is 3.59. The van der Waals surface area contributed by atoms with Gasteiger partial charge in [0.15, 0.2) is 0 Å². The molecule has 3 heterocycles. The maximum atomic E-state index is 12.5. The van der Waals surface area contributed by atoms with Crippen LogP contribution in [0.25, 0.3) is 10.2 Å². The fraction of sp³-hybridized carbons (Fsp3) is 0.348. The Morgan fingerprint density at radius 1 is 1.13 bits per heavy atom. The monoisotopic (exact) mass is 421 g/mol. The number of hydrogen-bond donors (Lipinski definition) is 1. The van der Waals surface area contributed by atoms with Crippen molar-refractivity contribution in [3.63, 3.8) is 0 Å². The molecule has 0 radical (unpaired) electrons. The average Bonchev–Trinajstić information content (AvgIpc) is 3.10. The van der Waals surface area contributed by atoms with E-state index in [1.807, 2.05) is 41.3 Å². The molecule has 2 aliphatic rings. The molecule has 1 saturated carbocycles. The van der Waals surface area contributed by atoms with Gasteiger partial charge in [-0.3, -0.25) is 14.6 Å². The van der Waals surface area contributed by atoms with E-state index in [4.69, 9.17) is 4.74 Å². The fourth-order valence-corrected chi connectivity index (χ4v) is 4.63. The number of thiophene rings is 1. The number of fused-ring (bicyclic) bond motifs is 1. The van der Waals surface area contributed by atoms with Gasteiger partial charge in [-0.1, -0.05) is 12.1 Å². The van der Waals surface area contributed by atoms with Crippen LogP contribution in [-0.2, 0) is 11.2 Å². The molecule has 7 heteroatoms. The van der Waals surface area contributed by atoms with E-state index in [0.29, 0.717) is 28.8 Å². The Bertz CT molecular complexity index is 1080. The van der Waals surface area contributed by atoms with Crippen molar-refractivity contribution in [2.45, 2.75) is 38.1 Å². The summed E-state index contributed by atoms with van der Waals surface area (Å²) in [6, 6.07) is 11.6. The minimum atomic E-state index is 0.0692. The molecule has 3 aromatic rings. The predicted octanol–water partition coefficient (Wildman–Crippen LogP) is 4.15. The lowest BCUT2D eigenvalue weighted by Crippen LogP contribution is -2.41. The van der Waals surface area contributed by atoms with Crippen molar-refractivity contribution in [2.24, 2.45) is 0 Å².